The maximum absolute atomic E-state index is 2.46. The Kier molecular flexibility index (Phi) is 8.19. The average molecular weight is 739 g/mol. The number of hydrogen-bond acceptors (Lipinski definition) is 1. The molecule has 0 N–H and O–H groups in total. The molecule has 1 heterocycles. The van der Waals surface area contributed by atoms with Crippen LogP contribution in [0.3, 0.4) is 0 Å². The van der Waals surface area contributed by atoms with E-state index in [9.17, 15) is 0 Å². The monoisotopic (exact) mass is 738 g/mol. The van der Waals surface area contributed by atoms with Gasteiger partial charge in [-0.05, 0) is 116 Å². The number of anilines is 3. The van der Waals surface area contributed by atoms with Crippen molar-refractivity contribution in [3.05, 3.63) is 231 Å². The van der Waals surface area contributed by atoms with E-state index in [1.54, 1.807) is 0 Å². The molecule has 10 aromatic carbocycles. The molecule has 11 aromatic rings. The standard InChI is InChI=1S/C56H38N2/c1-4-15-39(16-5-1)41-27-30-47(31-28-41)57(49-33-34-50(42-18-6-2-7-19-42)51(38-49)43-20-8-3-9-21-43)53-25-14-26-54-56(53)52-36-45-23-12-13-24-46(45)37-55(52)58(54)48-32-29-40-17-10-11-22-44(40)35-48/h1-38H. The second kappa shape index (κ2) is 14.1. The summed E-state index contributed by atoms with van der Waals surface area (Å²) in [5, 5.41) is 7.32. The van der Waals surface area contributed by atoms with Gasteiger partial charge in [0, 0.05) is 27.8 Å². The third kappa shape index (κ3) is 5.82. The molecule has 0 aliphatic heterocycles. The van der Waals surface area contributed by atoms with Crippen molar-refractivity contribution in [2.45, 2.75) is 0 Å². The third-order valence-corrected chi connectivity index (χ3v) is 11.5. The fourth-order valence-corrected chi connectivity index (χ4v) is 8.77. The minimum Gasteiger partial charge on any atom is -0.310 e. The lowest BCUT2D eigenvalue weighted by Gasteiger charge is -2.28. The lowest BCUT2D eigenvalue weighted by Crippen LogP contribution is -2.11. The predicted molar refractivity (Wildman–Crippen MR) is 247 cm³/mol. The number of benzene rings is 10. The molecular weight excluding hydrogens is 701 g/mol. The van der Waals surface area contributed by atoms with E-state index in [1.165, 1.54) is 71.2 Å². The van der Waals surface area contributed by atoms with Crippen molar-refractivity contribution in [3.8, 4) is 39.1 Å². The molecule has 1 aromatic heterocycles. The van der Waals surface area contributed by atoms with Crippen LogP contribution >= 0.6 is 0 Å². The number of fused-ring (bicyclic) bond motifs is 5. The van der Waals surface area contributed by atoms with E-state index in [2.05, 4.69) is 240 Å². The minimum atomic E-state index is 1.09. The number of rotatable bonds is 7. The molecule has 272 valence electrons. The van der Waals surface area contributed by atoms with Crippen molar-refractivity contribution in [1.29, 1.82) is 0 Å². The maximum Gasteiger partial charge on any atom is 0.0562 e. The molecule has 0 aliphatic rings. The largest absolute Gasteiger partial charge is 0.310 e. The van der Waals surface area contributed by atoms with Gasteiger partial charge in [0.1, 0.15) is 0 Å². The molecule has 0 spiro atoms. The highest BCUT2D eigenvalue weighted by Crippen LogP contribution is 2.47. The first-order chi connectivity index (χ1) is 28.8. The molecule has 0 saturated carbocycles. The predicted octanol–water partition coefficient (Wildman–Crippen LogP) is 15.6. The summed E-state index contributed by atoms with van der Waals surface area (Å²) in [6, 6.07) is 83.8. The number of hydrogen-bond donors (Lipinski definition) is 0. The van der Waals surface area contributed by atoms with E-state index in [0.29, 0.717) is 0 Å². The second-order valence-corrected chi connectivity index (χ2v) is 15.0. The first kappa shape index (κ1) is 33.6. The van der Waals surface area contributed by atoms with Crippen LogP contribution in [0.5, 0.6) is 0 Å². The Balaban J connectivity index is 1.21. The topological polar surface area (TPSA) is 8.17 Å². The SMILES string of the molecule is c1ccc(-c2ccc(N(c3ccc(-c4ccccc4)c(-c4ccccc4)c3)c3cccc4c3c3cc5ccccc5cc3n4-c3ccc4ccccc4c3)cc2)cc1. The molecule has 0 amide bonds. The first-order valence-electron chi connectivity index (χ1n) is 19.9. The van der Waals surface area contributed by atoms with Gasteiger partial charge < -0.3 is 9.47 Å². The van der Waals surface area contributed by atoms with Gasteiger partial charge in [0.2, 0.25) is 0 Å². The lowest BCUT2D eigenvalue weighted by molar-refractivity contribution is 1.19. The van der Waals surface area contributed by atoms with Gasteiger partial charge in [0.25, 0.3) is 0 Å². The van der Waals surface area contributed by atoms with Gasteiger partial charge in [0.05, 0.1) is 16.7 Å². The zero-order valence-electron chi connectivity index (χ0n) is 31.8. The summed E-state index contributed by atoms with van der Waals surface area (Å²) in [5.41, 5.74) is 13.9. The van der Waals surface area contributed by atoms with Crippen LogP contribution < -0.4 is 4.90 Å². The van der Waals surface area contributed by atoms with Gasteiger partial charge in [-0.15, -0.1) is 0 Å². The van der Waals surface area contributed by atoms with Crippen LogP contribution in [0.1, 0.15) is 0 Å². The van der Waals surface area contributed by atoms with Crippen molar-refractivity contribution in [3.63, 3.8) is 0 Å². The van der Waals surface area contributed by atoms with Crippen LogP contribution in [0.4, 0.5) is 17.1 Å². The van der Waals surface area contributed by atoms with Crippen LogP contribution in [-0.2, 0) is 0 Å². The van der Waals surface area contributed by atoms with Gasteiger partial charge in [-0.25, -0.2) is 0 Å². The highest BCUT2D eigenvalue weighted by molar-refractivity contribution is 6.19. The molecular formula is C56H38N2. The molecule has 0 aliphatic carbocycles. The Bertz CT molecular complexity index is 3250. The van der Waals surface area contributed by atoms with Gasteiger partial charge >= 0.3 is 0 Å². The van der Waals surface area contributed by atoms with Gasteiger partial charge in [-0.3, -0.25) is 0 Å². The van der Waals surface area contributed by atoms with E-state index in [4.69, 9.17) is 0 Å². The van der Waals surface area contributed by atoms with E-state index in [1.807, 2.05) is 0 Å². The van der Waals surface area contributed by atoms with Gasteiger partial charge in [-0.2, -0.15) is 0 Å². The third-order valence-electron chi connectivity index (χ3n) is 11.5. The van der Waals surface area contributed by atoms with Crippen molar-refractivity contribution in [1.82, 2.24) is 4.57 Å². The molecule has 0 atom stereocenters. The summed E-state index contributed by atoms with van der Waals surface area (Å²) in [6.45, 7) is 0. The fourth-order valence-electron chi connectivity index (χ4n) is 8.77. The van der Waals surface area contributed by atoms with E-state index >= 15 is 0 Å². The Morgan fingerprint density at radius 2 is 0.862 bits per heavy atom. The minimum absolute atomic E-state index is 1.09. The summed E-state index contributed by atoms with van der Waals surface area (Å²) in [4.78, 5) is 2.46. The normalized spacial score (nSPS) is 11.4. The van der Waals surface area contributed by atoms with Crippen LogP contribution in [0.2, 0.25) is 0 Å². The molecule has 2 heteroatoms. The second-order valence-electron chi connectivity index (χ2n) is 15.0. The van der Waals surface area contributed by atoms with Crippen molar-refractivity contribution in [2.75, 3.05) is 4.90 Å². The fraction of sp³-hybridized carbons (Fsp3) is 0. The summed E-state index contributed by atoms with van der Waals surface area (Å²) < 4.78 is 2.46. The van der Waals surface area contributed by atoms with Gasteiger partial charge in [-0.1, -0.05) is 170 Å². The Morgan fingerprint density at radius 1 is 0.310 bits per heavy atom. The highest BCUT2D eigenvalue weighted by Gasteiger charge is 2.23. The number of aromatic nitrogens is 1. The smallest absolute Gasteiger partial charge is 0.0562 e. The Morgan fingerprint density at radius 3 is 1.55 bits per heavy atom. The summed E-state index contributed by atoms with van der Waals surface area (Å²) in [7, 11) is 0. The lowest BCUT2D eigenvalue weighted by atomic mass is 9.93. The molecule has 58 heavy (non-hydrogen) atoms. The average Bonchev–Trinajstić information content (AvgIpc) is 3.63. The quantitative estimate of drug-likeness (QED) is 0.158. The highest BCUT2D eigenvalue weighted by atomic mass is 15.1. The van der Waals surface area contributed by atoms with Crippen LogP contribution in [0.25, 0.3) is 82.4 Å². The van der Waals surface area contributed by atoms with Crippen molar-refractivity contribution >= 4 is 60.4 Å². The van der Waals surface area contributed by atoms with Crippen molar-refractivity contribution in [2.24, 2.45) is 0 Å². The van der Waals surface area contributed by atoms with Crippen LogP contribution in [0, 0.1) is 0 Å². The van der Waals surface area contributed by atoms with Gasteiger partial charge in [0.15, 0.2) is 0 Å². The summed E-state index contributed by atoms with van der Waals surface area (Å²) in [5.74, 6) is 0. The van der Waals surface area contributed by atoms with Crippen molar-refractivity contribution < 1.29 is 0 Å². The van der Waals surface area contributed by atoms with E-state index in [0.717, 1.165) is 28.3 Å². The van der Waals surface area contributed by atoms with E-state index < -0.39 is 0 Å². The summed E-state index contributed by atoms with van der Waals surface area (Å²) in [6.07, 6.45) is 0. The molecule has 2 nitrogen and oxygen atoms in total. The number of nitrogens with zero attached hydrogens (tertiary/aromatic N) is 2. The molecule has 0 fully saturated rings. The zero-order chi connectivity index (χ0) is 38.4. The van der Waals surface area contributed by atoms with E-state index in [-0.39, 0.29) is 0 Å². The Hall–Kier alpha value is -7.68. The molecule has 0 bridgehead atoms. The molecule has 0 saturated heterocycles. The first-order valence-corrected chi connectivity index (χ1v) is 19.9. The summed E-state index contributed by atoms with van der Waals surface area (Å²) >= 11 is 0. The molecule has 11 rings (SSSR count). The maximum atomic E-state index is 2.46. The zero-order valence-corrected chi connectivity index (χ0v) is 31.8. The van der Waals surface area contributed by atoms with Crippen LogP contribution in [-0.4, -0.2) is 4.57 Å². The van der Waals surface area contributed by atoms with Crippen LogP contribution in [0.15, 0.2) is 231 Å². The molecule has 0 unspecified atom stereocenters. The molecule has 0 radical (unpaired) electrons. The Labute approximate surface area is 338 Å².